The van der Waals surface area contributed by atoms with Gasteiger partial charge in [0.2, 0.25) is 0 Å². The van der Waals surface area contributed by atoms with Crippen LogP contribution in [0.2, 0.25) is 0 Å². The SMILES string of the molecule is Cc1cncc(-n2c(=O)c(Br)c(N3Cc4ccccc4C3)n(CC#N)c2=O)c1. The van der Waals surface area contributed by atoms with Gasteiger partial charge in [-0.3, -0.25) is 14.3 Å². The first kappa shape index (κ1) is 18.2. The predicted octanol–water partition coefficient (Wildman–Crippen LogP) is 2.51. The molecule has 1 aliphatic heterocycles. The van der Waals surface area contributed by atoms with Crippen LogP contribution in [-0.4, -0.2) is 14.1 Å². The lowest BCUT2D eigenvalue weighted by Gasteiger charge is -2.24. The number of fused-ring (bicyclic) bond motifs is 1. The first-order valence-corrected chi connectivity index (χ1v) is 9.46. The Kier molecular flexibility index (Phi) is 4.61. The monoisotopic (exact) mass is 437 g/mol. The van der Waals surface area contributed by atoms with E-state index in [4.69, 9.17) is 0 Å². The summed E-state index contributed by atoms with van der Waals surface area (Å²) in [7, 11) is 0. The fourth-order valence-electron chi connectivity index (χ4n) is 3.51. The van der Waals surface area contributed by atoms with Gasteiger partial charge in [-0.2, -0.15) is 5.26 Å². The Morgan fingerprint density at radius 1 is 1.18 bits per heavy atom. The zero-order valence-corrected chi connectivity index (χ0v) is 16.7. The molecule has 2 aromatic heterocycles. The number of benzene rings is 1. The molecule has 4 rings (SSSR count). The van der Waals surface area contributed by atoms with Crippen molar-refractivity contribution in [3.05, 3.63) is 84.7 Å². The van der Waals surface area contributed by atoms with Gasteiger partial charge in [0.05, 0.1) is 18.0 Å². The number of aryl methyl sites for hydroxylation is 1. The lowest BCUT2D eigenvalue weighted by molar-refractivity contribution is 0.663. The molecule has 7 nitrogen and oxygen atoms in total. The average Bonchev–Trinajstić information content (AvgIpc) is 3.10. The maximum atomic E-state index is 13.2. The van der Waals surface area contributed by atoms with Gasteiger partial charge < -0.3 is 4.90 Å². The Balaban J connectivity index is 1.93. The van der Waals surface area contributed by atoms with E-state index in [2.05, 4.69) is 20.9 Å². The van der Waals surface area contributed by atoms with Crippen molar-refractivity contribution >= 4 is 21.7 Å². The average molecular weight is 438 g/mol. The van der Waals surface area contributed by atoms with Crippen molar-refractivity contribution in [3.63, 3.8) is 0 Å². The Labute approximate surface area is 169 Å². The second kappa shape index (κ2) is 7.09. The van der Waals surface area contributed by atoms with Gasteiger partial charge in [0.1, 0.15) is 16.8 Å². The van der Waals surface area contributed by atoms with E-state index in [1.807, 2.05) is 42.2 Å². The quantitative estimate of drug-likeness (QED) is 0.628. The van der Waals surface area contributed by atoms with Gasteiger partial charge in [0.25, 0.3) is 5.56 Å². The standard InChI is InChI=1S/C20H16BrN5O2/c1-13-8-16(10-23-9-13)26-19(27)17(21)18(25(7-6-22)20(26)28)24-11-14-4-2-3-5-15(14)12-24/h2-5,8-10H,7,11-12H2,1H3. The Morgan fingerprint density at radius 2 is 1.86 bits per heavy atom. The Bertz CT molecular complexity index is 1210. The van der Waals surface area contributed by atoms with E-state index in [0.717, 1.165) is 21.3 Å². The van der Waals surface area contributed by atoms with Crippen LogP contribution in [0.4, 0.5) is 5.82 Å². The molecule has 1 aromatic carbocycles. The minimum atomic E-state index is -0.562. The van der Waals surface area contributed by atoms with Gasteiger partial charge in [-0.05, 0) is 45.6 Å². The summed E-state index contributed by atoms with van der Waals surface area (Å²) in [5.41, 5.74) is 2.44. The van der Waals surface area contributed by atoms with Crippen LogP contribution in [0, 0.1) is 18.3 Å². The second-order valence-electron chi connectivity index (χ2n) is 6.65. The molecular weight excluding hydrogens is 422 g/mol. The molecule has 0 bridgehead atoms. The van der Waals surface area contributed by atoms with Gasteiger partial charge in [-0.15, -0.1) is 0 Å². The third kappa shape index (κ3) is 2.94. The summed E-state index contributed by atoms with van der Waals surface area (Å²) >= 11 is 3.39. The number of nitriles is 1. The molecule has 0 spiro atoms. The third-order valence-electron chi connectivity index (χ3n) is 4.75. The van der Waals surface area contributed by atoms with E-state index in [1.54, 1.807) is 12.3 Å². The smallest absolute Gasteiger partial charge is 0.338 e. The molecule has 3 heterocycles. The lowest BCUT2D eigenvalue weighted by atomic mass is 10.1. The summed E-state index contributed by atoms with van der Waals surface area (Å²) in [5, 5.41) is 9.31. The summed E-state index contributed by atoms with van der Waals surface area (Å²) in [4.78, 5) is 32.3. The van der Waals surface area contributed by atoms with Crippen LogP contribution in [0.15, 0.2) is 56.8 Å². The van der Waals surface area contributed by atoms with Gasteiger partial charge in [-0.1, -0.05) is 24.3 Å². The number of hydrogen-bond acceptors (Lipinski definition) is 5. The normalized spacial score (nSPS) is 12.7. The first-order valence-electron chi connectivity index (χ1n) is 8.67. The summed E-state index contributed by atoms with van der Waals surface area (Å²) in [6.45, 7) is 2.80. The highest BCUT2D eigenvalue weighted by molar-refractivity contribution is 9.10. The molecule has 1 aliphatic rings. The molecule has 0 N–H and O–H groups in total. The summed E-state index contributed by atoms with van der Waals surface area (Å²) in [6.07, 6.45) is 3.11. The van der Waals surface area contributed by atoms with E-state index in [-0.39, 0.29) is 11.0 Å². The minimum absolute atomic E-state index is 0.168. The number of rotatable bonds is 3. The van der Waals surface area contributed by atoms with Crippen LogP contribution >= 0.6 is 15.9 Å². The minimum Gasteiger partial charge on any atom is -0.348 e. The molecule has 0 saturated carbocycles. The van der Waals surface area contributed by atoms with Gasteiger partial charge in [-0.25, -0.2) is 9.36 Å². The summed E-state index contributed by atoms with van der Waals surface area (Å²) in [6, 6.07) is 11.7. The molecule has 0 aliphatic carbocycles. The van der Waals surface area contributed by atoms with E-state index >= 15 is 0 Å². The summed E-state index contributed by atoms with van der Waals surface area (Å²) in [5.74, 6) is 0.421. The number of aromatic nitrogens is 3. The van der Waals surface area contributed by atoms with Crippen LogP contribution in [0.25, 0.3) is 5.69 Å². The molecule has 8 heteroatoms. The van der Waals surface area contributed by atoms with Crippen LogP contribution in [-0.2, 0) is 19.6 Å². The molecule has 0 radical (unpaired) electrons. The van der Waals surface area contributed by atoms with E-state index in [9.17, 15) is 14.9 Å². The Morgan fingerprint density at radius 3 is 2.46 bits per heavy atom. The highest BCUT2D eigenvalue weighted by atomic mass is 79.9. The fraction of sp³-hybridized carbons (Fsp3) is 0.200. The van der Waals surface area contributed by atoms with E-state index < -0.39 is 11.2 Å². The van der Waals surface area contributed by atoms with Crippen molar-refractivity contribution < 1.29 is 0 Å². The topological polar surface area (TPSA) is 83.9 Å². The number of pyridine rings is 1. The first-order chi connectivity index (χ1) is 13.5. The maximum Gasteiger partial charge on any atom is 0.338 e. The number of halogens is 1. The molecule has 28 heavy (non-hydrogen) atoms. The number of nitrogens with zero attached hydrogens (tertiary/aromatic N) is 5. The van der Waals surface area contributed by atoms with Crippen molar-refractivity contribution in [1.29, 1.82) is 5.26 Å². The van der Waals surface area contributed by atoms with E-state index in [0.29, 0.717) is 24.6 Å². The van der Waals surface area contributed by atoms with Crippen molar-refractivity contribution in [2.75, 3.05) is 4.90 Å². The lowest BCUT2D eigenvalue weighted by Crippen LogP contribution is -2.42. The summed E-state index contributed by atoms with van der Waals surface area (Å²) < 4.78 is 2.63. The molecule has 3 aromatic rings. The number of hydrogen-bond donors (Lipinski definition) is 0. The fourth-order valence-corrected chi connectivity index (χ4v) is 4.15. The van der Waals surface area contributed by atoms with Crippen molar-refractivity contribution in [2.24, 2.45) is 0 Å². The van der Waals surface area contributed by atoms with Crippen molar-refractivity contribution in [1.82, 2.24) is 14.1 Å². The molecule has 0 atom stereocenters. The van der Waals surface area contributed by atoms with Gasteiger partial charge >= 0.3 is 5.69 Å². The molecular formula is C20H16BrN5O2. The van der Waals surface area contributed by atoms with Crippen LogP contribution in [0.5, 0.6) is 0 Å². The van der Waals surface area contributed by atoms with Crippen molar-refractivity contribution in [2.45, 2.75) is 26.6 Å². The van der Waals surface area contributed by atoms with E-state index in [1.165, 1.54) is 10.8 Å². The molecule has 140 valence electrons. The van der Waals surface area contributed by atoms with Crippen LogP contribution < -0.4 is 16.1 Å². The highest BCUT2D eigenvalue weighted by Gasteiger charge is 2.27. The molecule has 0 amide bonds. The Hall–Kier alpha value is -3.18. The molecule has 0 fully saturated rings. The number of anilines is 1. The van der Waals surface area contributed by atoms with Gasteiger partial charge in [0.15, 0.2) is 0 Å². The zero-order valence-electron chi connectivity index (χ0n) is 15.1. The highest BCUT2D eigenvalue weighted by Crippen LogP contribution is 2.31. The molecule has 0 saturated heterocycles. The van der Waals surface area contributed by atoms with Gasteiger partial charge in [0, 0.05) is 19.3 Å². The zero-order chi connectivity index (χ0) is 19.8. The van der Waals surface area contributed by atoms with Crippen molar-refractivity contribution in [3.8, 4) is 11.8 Å². The predicted molar refractivity (Wildman–Crippen MR) is 108 cm³/mol. The molecule has 0 unspecified atom stereocenters. The second-order valence-corrected chi connectivity index (χ2v) is 7.44. The van der Waals surface area contributed by atoms with Crippen LogP contribution in [0.1, 0.15) is 16.7 Å². The largest absolute Gasteiger partial charge is 0.348 e. The van der Waals surface area contributed by atoms with Crippen LogP contribution in [0.3, 0.4) is 0 Å². The third-order valence-corrected chi connectivity index (χ3v) is 5.45. The maximum absolute atomic E-state index is 13.2.